The number of aliphatic hydroxyl groups excluding tert-OH is 1. The van der Waals surface area contributed by atoms with E-state index in [4.69, 9.17) is 9.84 Å². The molecule has 0 unspecified atom stereocenters. The first kappa shape index (κ1) is 16.4. The van der Waals surface area contributed by atoms with Crippen molar-refractivity contribution in [1.82, 2.24) is 4.72 Å². The molecule has 0 aliphatic heterocycles. The Morgan fingerprint density at radius 1 is 1.38 bits per heavy atom. The van der Waals surface area contributed by atoms with Crippen molar-refractivity contribution in [1.29, 1.82) is 0 Å². The van der Waals surface area contributed by atoms with Crippen LogP contribution in [0.25, 0.3) is 0 Å². The van der Waals surface area contributed by atoms with Gasteiger partial charge in [0, 0.05) is 25.3 Å². The molecule has 0 radical (unpaired) electrons. The van der Waals surface area contributed by atoms with Gasteiger partial charge in [0.25, 0.3) is 0 Å². The molecular weight excluding hydrogens is 297 g/mol. The molecule has 0 aromatic heterocycles. The van der Waals surface area contributed by atoms with E-state index in [2.05, 4.69) is 4.72 Å². The second-order valence-corrected chi connectivity index (χ2v) is 6.95. The summed E-state index contributed by atoms with van der Waals surface area (Å²) in [5.41, 5.74) is -0.0364. The molecule has 0 atom stereocenters. The summed E-state index contributed by atoms with van der Waals surface area (Å²) >= 11 is 0. The Labute approximate surface area is 124 Å². The second-order valence-electron chi connectivity index (χ2n) is 5.18. The van der Waals surface area contributed by atoms with Crippen molar-refractivity contribution >= 4 is 10.0 Å². The molecule has 21 heavy (non-hydrogen) atoms. The second kappa shape index (κ2) is 7.31. The summed E-state index contributed by atoms with van der Waals surface area (Å²) in [6.07, 6.45) is 3.04. The largest absolute Gasteiger partial charge is 0.392 e. The molecule has 0 spiro atoms. The third-order valence-electron chi connectivity index (χ3n) is 3.31. The normalized spacial score (nSPS) is 15.3. The minimum Gasteiger partial charge on any atom is -0.392 e. The first-order chi connectivity index (χ1) is 10.0. The number of ether oxygens (including phenoxy) is 1. The molecular formula is C14H20FNO4S. The van der Waals surface area contributed by atoms with E-state index in [9.17, 15) is 12.8 Å². The first-order valence-electron chi connectivity index (χ1n) is 6.99. The van der Waals surface area contributed by atoms with E-state index in [0.29, 0.717) is 18.9 Å². The van der Waals surface area contributed by atoms with Gasteiger partial charge in [-0.15, -0.1) is 0 Å². The molecule has 1 aliphatic rings. The zero-order valence-electron chi connectivity index (χ0n) is 11.7. The summed E-state index contributed by atoms with van der Waals surface area (Å²) in [6.45, 7) is 0.998. The van der Waals surface area contributed by atoms with Gasteiger partial charge in [-0.25, -0.2) is 17.5 Å². The molecule has 1 saturated carbocycles. The van der Waals surface area contributed by atoms with Gasteiger partial charge in [0.15, 0.2) is 0 Å². The zero-order chi connectivity index (χ0) is 15.3. The summed E-state index contributed by atoms with van der Waals surface area (Å²) < 4.78 is 45.1. The molecule has 1 aromatic rings. The van der Waals surface area contributed by atoms with Crippen molar-refractivity contribution < 1.29 is 22.7 Å². The van der Waals surface area contributed by atoms with Gasteiger partial charge in [0.2, 0.25) is 10.0 Å². The van der Waals surface area contributed by atoms with E-state index in [0.717, 1.165) is 18.7 Å². The molecule has 118 valence electrons. The lowest BCUT2D eigenvalue weighted by atomic mass is 10.2. The summed E-state index contributed by atoms with van der Waals surface area (Å²) in [6, 6.07) is 3.36. The van der Waals surface area contributed by atoms with E-state index >= 15 is 0 Å². The van der Waals surface area contributed by atoms with E-state index in [-0.39, 0.29) is 17.0 Å². The third kappa shape index (κ3) is 5.03. The van der Waals surface area contributed by atoms with Crippen LogP contribution in [-0.2, 0) is 21.4 Å². The number of rotatable bonds is 9. The molecule has 0 amide bonds. The number of aliphatic hydroxyl groups is 1. The van der Waals surface area contributed by atoms with Crippen molar-refractivity contribution in [2.75, 3.05) is 19.8 Å². The van der Waals surface area contributed by atoms with Crippen LogP contribution in [0.15, 0.2) is 23.1 Å². The monoisotopic (exact) mass is 317 g/mol. The SMILES string of the molecule is O=S(=O)(NCCCOCC1CC1)c1ccc(F)c(CO)c1. The third-order valence-corrected chi connectivity index (χ3v) is 4.76. The van der Waals surface area contributed by atoms with E-state index < -0.39 is 22.4 Å². The van der Waals surface area contributed by atoms with Crippen LogP contribution >= 0.6 is 0 Å². The van der Waals surface area contributed by atoms with Crippen LogP contribution < -0.4 is 4.72 Å². The predicted octanol–water partition coefficient (Wildman–Crippen LogP) is 1.41. The Morgan fingerprint density at radius 2 is 2.14 bits per heavy atom. The number of hydrogen-bond acceptors (Lipinski definition) is 4. The number of nitrogens with one attached hydrogen (secondary N) is 1. The Hall–Kier alpha value is -1.02. The highest BCUT2D eigenvalue weighted by molar-refractivity contribution is 7.89. The minimum absolute atomic E-state index is 0.0364. The molecule has 1 aliphatic carbocycles. The van der Waals surface area contributed by atoms with Crippen LogP contribution in [0.3, 0.4) is 0 Å². The quantitative estimate of drug-likeness (QED) is 0.675. The van der Waals surface area contributed by atoms with Gasteiger partial charge < -0.3 is 9.84 Å². The Morgan fingerprint density at radius 3 is 2.81 bits per heavy atom. The lowest BCUT2D eigenvalue weighted by Gasteiger charge is -2.08. The van der Waals surface area contributed by atoms with E-state index in [1.165, 1.54) is 18.9 Å². The maximum absolute atomic E-state index is 13.2. The fourth-order valence-corrected chi connectivity index (χ4v) is 2.96. The van der Waals surface area contributed by atoms with Crippen LogP contribution in [0.4, 0.5) is 4.39 Å². The van der Waals surface area contributed by atoms with Crippen molar-refractivity contribution in [3.8, 4) is 0 Å². The Bertz CT molecular complexity index is 572. The Balaban J connectivity index is 1.80. The van der Waals surface area contributed by atoms with Crippen molar-refractivity contribution in [2.45, 2.75) is 30.8 Å². The standard InChI is InChI=1S/C14H20FNO4S/c15-14-5-4-13(8-12(14)9-17)21(18,19)16-6-1-7-20-10-11-2-3-11/h4-5,8,11,16-17H,1-3,6-7,9-10H2. The van der Waals surface area contributed by atoms with Crippen molar-refractivity contribution in [3.05, 3.63) is 29.6 Å². The molecule has 0 saturated heterocycles. The fourth-order valence-electron chi connectivity index (χ4n) is 1.84. The molecule has 7 heteroatoms. The van der Waals surface area contributed by atoms with Crippen molar-refractivity contribution in [3.63, 3.8) is 0 Å². The number of sulfonamides is 1. The molecule has 1 aromatic carbocycles. The van der Waals surface area contributed by atoms with Gasteiger partial charge in [-0.1, -0.05) is 0 Å². The van der Waals surface area contributed by atoms with E-state index in [1.807, 2.05) is 0 Å². The van der Waals surface area contributed by atoms with Gasteiger partial charge in [0.1, 0.15) is 5.82 Å². The van der Waals surface area contributed by atoms with Crippen LogP contribution in [0.5, 0.6) is 0 Å². The topological polar surface area (TPSA) is 75.6 Å². The maximum Gasteiger partial charge on any atom is 0.240 e. The van der Waals surface area contributed by atoms with Gasteiger partial charge in [-0.3, -0.25) is 0 Å². The van der Waals surface area contributed by atoms with E-state index in [1.54, 1.807) is 0 Å². The molecule has 2 rings (SSSR count). The highest BCUT2D eigenvalue weighted by Gasteiger charge is 2.21. The number of hydrogen-bond donors (Lipinski definition) is 2. The average molecular weight is 317 g/mol. The van der Waals surface area contributed by atoms with Gasteiger partial charge >= 0.3 is 0 Å². The number of benzene rings is 1. The minimum atomic E-state index is -3.68. The highest BCUT2D eigenvalue weighted by atomic mass is 32.2. The Kier molecular flexibility index (Phi) is 5.69. The predicted molar refractivity (Wildman–Crippen MR) is 75.7 cm³/mol. The first-order valence-corrected chi connectivity index (χ1v) is 8.48. The van der Waals surface area contributed by atoms with Crippen molar-refractivity contribution in [2.24, 2.45) is 5.92 Å². The summed E-state index contributed by atoms with van der Waals surface area (Å²) in [5.74, 6) is 0.0720. The van der Waals surface area contributed by atoms with Crippen LogP contribution in [0, 0.1) is 11.7 Å². The molecule has 0 bridgehead atoms. The number of halogens is 1. The average Bonchev–Trinajstić information content (AvgIpc) is 3.27. The van der Waals surface area contributed by atoms with Gasteiger partial charge in [-0.2, -0.15) is 0 Å². The van der Waals surface area contributed by atoms with Gasteiger partial charge in [0.05, 0.1) is 11.5 Å². The molecule has 5 nitrogen and oxygen atoms in total. The highest BCUT2D eigenvalue weighted by Crippen LogP contribution is 2.28. The fraction of sp³-hybridized carbons (Fsp3) is 0.571. The zero-order valence-corrected chi connectivity index (χ0v) is 12.5. The lowest BCUT2D eigenvalue weighted by Crippen LogP contribution is -2.25. The molecule has 0 heterocycles. The van der Waals surface area contributed by atoms with Crippen LogP contribution in [0.1, 0.15) is 24.8 Å². The summed E-state index contributed by atoms with van der Waals surface area (Å²) in [4.78, 5) is -0.0492. The van der Waals surface area contributed by atoms with Crippen LogP contribution in [-0.4, -0.2) is 33.3 Å². The van der Waals surface area contributed by atoms with Gasteiger partial charge in [-0.05, 0) is 43.4 Å². The summed E-state index contributed by atoms with van der Waals surface area (Å²) in [7, 11) is -3.68. The van der Waals surface area contributed by atoms with Crippen LogP contribution in [0.2, 0.25) is 0 Å². The smallest absolute Gasteiger partial charge is 0.240 e. The lowest BCUT2D eigenvalue weighted by molar-refractivity contribution is 0.123. The molecule has 2 N–H and O–H groups in total. The summed E-state index contributed by atoms with van der Waals surface area (Å²) in [5, 5.41) is 8.96. The molecule has 1 fully saturated rings. The maximum atomic E-state index is 13.2.